The summed E-state index contributed by atoms with van der Waals surface area (Å²) in [6.07, 6.45) is 3.59. The summed E-state index contributed by atoms with van der Waals surface area (Å²) in [6.45, 7) is 2.03. The minimum atomic E-state index is 0.486. The van der Waals surface area contributed by atoms with Crippen molar-refractivity contribution in [1.29, 1.82) is 0 Å². The monoisotopic (exact) mass is 264 g/mol. The lowest BCUT2D eigenvalue weighted by Crippen LogP contribution is -1.89. The molecule has 0 aliphatic rings. The Kier molecular flexibility index (Phi) is 2.38. The van der Waals surface area contributed by atoms with Gasteiger partial charge in [-0.25, -0.2) is 15.0 Å². The topological polar surface area (TPSA) is 43.6 Å². The Labute approximate surface area is 107 Å². The van der Waals surface area contributed by atoms with Crippen LogP contribution in [0.2, 0.25) is 5.15 Å². The lowest BCUT2D eigenvalue weighted by atomic mass is 10.3. The van der Waals surface area contributed by atoms with E-state index in [4.69, 9.17) is 11.6 Å². The largest absolute Gasteiger partial charge is 0.340 e. The van der Waals surface area contributed by atoms with Gasteiger partial charge in [-0.05, 0) is 13.0 Å². The zero-order valence-corrected chi connectivity index (χ0v) is 10.9. The third kappa shape index (κ3) is 1.81. The van der Waals surface area contributed by atoms with Crippen LogP contribution in [0.1, 0.15) is 4.88 Å². The number of fused-ring (bicyclic) bond motifs is 1. The number of rotatable bonds is 1. The first-order valence-electron chi connectivity index (χ1n) is 5.05. The normalized spacial score (nSPS) is 11.2. The highest BCUT2D eigenvalue weighted by molar-refractivity contribution is 7.18. The summed E-state index contributed by atoms with van der Waals surface area (Å²) >= 11 is 7.76. The van der Waals surface area contributed by atoms with Crippen LogP contribution in [0.25, 0.3) is 21.7 Å². The average molecular weight is 265 g/mol. The Morgan fingerprint density at radius 2 is 2.18 bits per heavy atom. The van der Waals surface area contributed by atoms with E-state index in [9.17, 15) is 0 Å². The first kappa shape index (κ1) is 10.7. The van der Waals surface area contributed by atoms with Crippen molar-refractivity contribution >= 4 is 33.2 Å². The molecule has 0 aliphatic carbocycles. The van der Waals surface area contributed by atoms with Gasteiger partial charge in [0.15, 0.2) is 5.82 Å². The molecule has 0 atom stereocenters. The molecule has 4 nitrogen and oxygen atoms in total. The molecule has 0 amide bonds. The van der Waals surface area contributed by atoms with E-state index in [1.807, 2.05) is 30.8 Å². The van der Waals surface area contributed by atoms with Crippen LogP contribution in [0, 0.1) is 6.92 Å². The predicted octanol–water partition coefficient (Wildman–Crippen LogP) is 3.05. The predicted molar refractivity (Wildman–Crippen MR) is 69.4 cm³/mol. The van der Waals surface area contributed by atoms with Crippen molar-refractivity contribution in [3.63, 3.8) is 0 Å². The van der Waals surface area contributed by atoms with E-state index in [0.717, 1.165) is 15.9 Å². The van der Waals surface area contributed by atoms with E-state index in [1.165, 1.54) is 4.88 Å². The van der Waals surface area contributed by atoms with Gasteiger partial charge >= 0.3 is 0 Å². The standard InChI is InChI=1S/C11H9ClN4S/c1-6-3-7-9(12)14-10(15-11(7)17-6)8-4-16(2)5-13-8/h3-5H,1-2H3. The van der Waals surface area contributed by atoms with Gasteiger partial charge in [-0.3, -0.25) is 0 Å². The Balaban J connectivity index is 2.24. The molecule has 3 rings (SSSR count). The van der Waals surface area contributed by atoms with Crippen LogP contribution in [0.15, 0.2) is 18.6 Å². The molecule has 0 saturated heterocycles. The van der Waals surface area contributed by atoms with Crippen LogP contribution < -0.4 is 0 Å². The number of halogens is 1. The molecular weight excluding hydrogens is 256 g/mol. The molecule has 0 aliphatic heterocycles. The highest BCUT2D eigenvalue weighted by Crippen LogP contribution is 2.30. The number of hydrogen-bond acceptors (Lipinski definition) is 4. The molecule has 86 valence electrons. The molecule has 0 saturated carbocycles. The Morgan fingerprint density at radius 1 is 1.35 bits per heavy atom. The molecule has 0 bridgehead atoms. The van der Waals surface area contributed by atoms with Crippen molar-refractivity contribution in [3.8, 4) is 11.5 Å². The number of aromatic nitrogens is 4. The lowest BCUT2D eigenvalue weighted by Gasteiger charge is -1.97. The van der Waals surface area contributed by atoms with Gasteiger partial charge in [-0.1, -0.05) is 11.6 Å². The summed E-state index contributed by atoms with van der Waals surface area (Å²) in [7, 11) is 1.91. The van der Waals surface area contributed by atoms with Crippen molar-refractivity contribution < 1.29 is 0 Å². The summed E-state index contributed by atoms with van der Waals surface area (Å²) in [6, 6.07) is 2.00. The van der Waals surface area contributed by atoms with Crippen molar-refractivity contribution in [2.45, 2.75) is 6.92 Å². The quantitative estimate of drug-likeness (QED) is 0.635. The van der Waals surface area contributed by atoms with Crippen molar-refractivity contribution in [1.82, 2.24) is 19.5 Å². The maximum absolute atomic E-state index is 6.15. The SMILES string of the molecule is Cc1cc2c(Cl)nc(-c3cn(C)cn3)nc2s1. The maximum atomic E-state index is 6.15. The summed E-state index contributed by atoms with van der Waals surface area (Å²) < 4.78 is 1.86. The van der Waals surface area contributed by atoms with Gasteiger partial charge in [0.25, 0.3) is 0 Å². The molecule has 0 unspecified atom stereocenters. The number of hydrogen-bond donors (Lipinski definition) is 0. The Bertz CT molecular complexity index is 701. The van der Waals surface area contributed by atoms with Crippen LogP contribution in [0.3, 0.4) is 0 Å². The average Bonchev–Trinajstić information content (AvgIpc) is 2.83. The number of nitrogens with zero attached hydrogens (tertiary/aromatic N) is 4. The molecule has 3 aromatic rings. The second kappa shape index (κ2) is 3.78. The number of aryl methyl sites for hydroxylation is 2. The van der Waals surface area contributed by atoms with Crippen LogP contribution in [-0.2, 0) is 7.05 Å². The summed E-state index contributed by atoms with van der Waals surface area (Å²) in [5.74, 6) is 0.574. The Morgan fingerprint density at radius 3 is 2.88 bits per heavy atom. The molecule has 0 aromatic carbocycles. The van der Waals surface area contributed by atoms with Crippen LogP contribution >= 0.6 is 22.9 Å². The Hall–Kier alpha value is -1.46. The van der Waals surface area contributed by atoms with Crippen LogP contribution in [0.5, 0.6) is 0 Å². The molecule has 3 heterocycles. The van der Waals surface area contributed by atoms with E-state index >= 15 is 0 Å². The minimum absolute atomic E-state index is 0.486. The van der Waals surface area contributed by atoms with Gasteiger partial charge in [0, 0.05) is 23.5 Å². The maximum Gasteiger partial charge on any atom is 0.182 e. The van der Waals surface area contributed by atoms with Gasteiger partial charge in [-0.2, -0.15) is 0 Å². The fraction of sp³-hybridized carbons (Fsp3) is 0.182. The second-order valence-corrected chi connectivity index (χ2v) is 5.43. The van der Waals surface area contributed by atoms with Crippen LogP contribution in [0.4, 0.5) is 0 Å². The molecule has 0 radical (unpaired) electrons. The van der Waals surface area contributed by atoms with Gasteiger partial charge in [0.1, 0.15) is 15.7 Å². The van der Waals surface area contributed by atoms with Crippen molar-refractivity contribution in [2.75, 3.05) is 0 Å². The van der Waals surface area contributed by atoms with Gasteiger partial charge in [0.2, 0.25) is 0 Å². The molecule has 6 heteroatoms. The van der Waals surface area contributed by atoms with E-state index in [0.29, 0.717) is 11.0 Å². The van der Waals surface area contributed by atoms with Gasteiger partial charge < -0.3 is 4.57 Å². The smallest absolute Gasteiger partial charge is 0.182 e. The lowest BCUT2D eigenvalue weighted by molar-refractivity contribution is 0.913. The van der Waals surface area contributed by atoms with E-state index in [1.54, 1.807) is 17.7 Å². The number of thiophene rings is 1. The molecule has 0 N–H and O–H groups in total. The van der Waals surface area contributed by atoms with Gasteiger partial charge in [-0.15, -0.1) is 11.3 Å². The third-order valence-electron chi connectivity index (χ3n) is 2.40. The van der Waals surface area contributed by atoms with E-state index < -0.39 is 0 Å². The van der Waals surface area contributed by atoms with Crippen molar-refractivity contribution in [3.05, 3.63) is 28.6 Å². The minimum Gasteiger partial charge on any atom is -0.340 e. The molecular formula is C11H9ClN4S. The van der Waals surface area contributed by atoms with E-state index in [-0.39, 0.29) is 0 Å². The number of imidazole rings is 1. The fourth-order valence-corrected chi connectivity index (χ4v) is 2.81. The third-order valence-corrected chi connectivity index (χ3v) is 3.64. The molecule has 0 spiro atoms. The fourth-order valence-electron chi connectivity index (χ4n) is 1.65. The molecule has 3 aromatic heterocycles. The van der Waals surface area contributed by atoms with E-state index in [2.05, 4.69) is 15.0 Å². The first-order chi connectivity index (χ1) is 8.13. The zero-order valence-electron chi connectivity index (χ0n) is 9.31. The second-order valence-electron chi connectivity index (χ2n) is 3.84. The highest BCUT2D eigenvalue weighted by atomic mass is 35.5. The summed E-state index contributed by atoms with van der Waals surface area (Å²) in [5.41, 5.74) is 0.738. The zero-order chi connectivity index (χ0) is 12.0. The first-order valence-corrected chi connectivity index (χ1v) is 6.25. The van der Waals surface area contributed by atoms with Gasteiger partial charge in [0.05, 0.1) is 6.33 Å². The molecule has 0 fully saturated rings. The molecule has 17 heavy (non-hydrogen) atoms. The highest BCUT2D eigenvalue weighted by Gasteiger charge is 2.11. The summed E-state index contributed by atoms with van der Waals surface area (Å²) in [4.78, 5) is 15.1. The van der Waals surface area contributed by atoms with Crippen LogP contribution in [-0.4, -0.2) is 19.5 Å². The summed E-state index contributed by atoms with van der Waals surface area (Å²) in [5, 5.41) is 1.40. The van der Waals surface area contributed by atoms with Crippen molar-refractivity contribution in [2.24, 2.45) is 7.05 Å².